The average Bonchev–Trinajstić information content (AvgIpc) is 2.26. The predicted molar refractivity (Wildman–Crippen MR) is 75.9 cm³/mol. The molecule has 0 aromatic heterocycles. The molecule has 108 valence electrons. The van der Waals surface area contributed by atoms with E-state index >= 15 is 0 Å². The molecule has 1 unspecified atom stereocenters. The maximum Gasteiger partial charge on any atom is 0.410 e. The van der Waals surface area contributed by atoms with Crippen molar-refractivity contribution < 1.29 is 9.53 Å². The molecule has 0 rings (SSSR count). The first-order valence-corrected chi connectivity index (χ1v) is 6.85. The number of hydrogen-bond acceptors (Lipinski definition) is 3. The van der Waals surface area contributed by atoms with Crippen LogP contribution in [0.2, 0.25) is 0 Å². The summed E-state index contributed by atoms with van der Waals surface area (Å²) in [6.07, 6.45) is 1.85. The van der Waals surface area contributed by atoms with Gasteiger partial charge in [-0.1, -0.05) is 13.8 Å². The molecule has 0 bridgehead atoms. The molecule has 0 aliphatic heterocycles. The van der Waals surface area contributed by atoms with Gasteiger partial charge in [0.2, 0.25) is 0 Å². The van der Waals surface area contributed by atoms with Gasteiger partial charge in [0.15, 0.2) is 0 Å². The monoisotopic (exact) mass is 258 g/mol. The SMILES string of the molecule is CCC(CCN(C)C(=O)OC(C)(C)C)N(C)CC. The van der Waals surface area contributed by atoms with E-state index in [-0.39, 0.29) is 6.09 Å². The number of rotatable bonds is 6. The largest absolute Gasteiger partial charge is 0.444 e. The fourth-order valence-electron chi connectivity index (χ4n) is 1.77. The third-order valence-corrected chi connectivity index (χ3v) is 3.10. The lowest BCUT2D eigenvalue weighted by Gasteiger charge is -2.29. The lowest BCUT2D eigenvalue weighted by atomic mass is 10.1. The van der Waals surface area contributed by atoms with Gasteiger partial charge in [-0.25, -0.2) is 4.79 Å². The molecule has 0 aliphatic carbocycles. The zero-order chi connectivity index (χ0) is 14.3. The summed E-state index contributed by atoms with van der Waals surface area (Å²) in [7, 11) is 3.92. The first-order valence-electron chi connectivity index (χ1n) is 6.85. The van der Waals surface area contributed by atoms with Crippen molar-refractivity contribution in [1.29, 1.82) is 0 Å². The number of carbonyl (C=O) groups excluding carboxylic acids is 1. The molecule has 0 aliphatic rings. The Morgan fingerprint density at radius 2 is 1.78 bits per heavy atom. The summed E-state index contributed by atoms with van der Waals surface area (Å²) in [6.45, 7) is 11.8. The van der Waals surface area contributed by atoms with Gasteiger partial charge in [-0.05, 0) is 47.2 Å². The van der Waals surface area contributed by atoms with Crippen LogP contribution in [0.3, 0.4) is 0 Å². The molecule has 1 amide bonds. The van der Waals surface area contributed by atoms with Crippen molar-refractivity contribution >= 4 is 6.09 Å². The Balaban J connectivity index is 4.15. The number of ether oxygens (including phenoxy) is 1. The Bertz CT molecular complexity index is 249. The molecule has 0 aromatic carbocycles. The van der Waals surface area contributed by atoms with Gasteiger partial charge in [0, 0.05) is 19.6 Å². The second-order valence-corrected chi connectivity index (χ2v) is 5.83. The lowest BCUT2D eigenvalue weighted by molar-refractivity contribution is 0.0284. The van der Waals surface area contributed by atoms with Gasteiger partial charge >= 0.3 is 6.09 Å². The number of amides is 1. The first kappa shape index (κ1) is 17.2. The number of nitrogens with zero attached hydrogens (tertiary/aromatic N) is 2. The summed E-state index contributed by atoms with van der Waals surface area (Å²) in [6, 6.07) is 0.528. The van der Waals surface area contributed by atoms with Gasteiger partial charge in [-0.2, -0.15) is 0 Å². The average molecular weight is 258 g/mol. The van der Waals surface area contributed by atoms with Gasteiger partial charge in [-0.3, -0.25) is 0 Å². The van der Waals surface area contributed by atoms with Crippen LogP contribution < -0.4 is 0 Å². The third-order valence-electron chi connectivity index (χ3n) is 3.10. The summed E-state index contributed by atoms with van der Waals surface area (Å²) >= 11 is 0. The van der Waals surface area contributed by atoms with Gasteiger partial charge in [0.25, 0.3) is 0 Å². The fraction of sp³-hybridized carbons (Fsp3) is 0.929. The molecule has 0 heterocycles. The van der Waals surface area contributed by atoms with Crippen LogP contribution in [0.25, 0.3) is 0 Å². The van der Waals surface area contributed by atoms with Crippen LogP contribution in [-0.2, 0) is 4.74 Å². The standard InChI is InChI=1S/C14H30N2O2/c1-8-12(15(6)9-2)10-11-16(7)13(17)18-14(3,4)5/h12H,8-11H2,1-7H3. The predicted octanol–water partition coefficient (Wildman–Crippen LogP) is 2.97. The molecular formula is C14H30N2O2. The third kappa shape index (κ3) is 6.84. The van der Waals surface area contributed by atoms with Crippen LogP contribution in [0.1, 0.15) is 47.5 Å². The van der Waals surface area contributed by atoms with Gasteiger partial charge in [-0.15, -0.1) is 0 Å². The summed E-state index contributed by atoms with van der Waals surface area (Å²) in [5, 5.41) is 0. The second kappa shape index (κ2) is 7.62. The van der Waals surface area contributed by atoms with Crippen molar-refractivity contribution in [3.8, 4) is 0 Å². The summed E-state index contributed by atoms with van der Waals surface area (Å²) in [5.41, 5.74) is -0.421. The zero-order valence-electron chi connectivity index (χ0n) is 13.1. The highest BCUT2D eigenvalue weighted by molar-refractivity contribution is 5.67. The van der Waals surface area contributed by atoms with Crippen LogP contribution in [0.5, 0.6) is 0 Å². The molecule has 0 saturated heterocycles. The van der Waals surface area contributed by atoms with Crippen molar-refractivity contribution in [3.63, 3.8) is 0 Å². The molecule has 1 atom stereocenters. The Morgan fingerprint density at radius 3 is 2.17 bits per heavy atom. The Kier molecular flexibility index (Phi) is 7.29. The summed E-state index contributed by atoms with van der Waals surface area (Å²) in [5.74, 6) is 0. The summed E-state index contributed by atoms with van der Waals surface area (Å²) in [4.78, 5) is 15.8. The minimum atomic E-state index is -0.421. The van der Waals surface area contributed by atoms with Crippen LogP contribution in [-0.4, -0.2) is 54.7 Å². The quantitative estimate of drug-likeness (QED) is 0.734. The van der Waals surface area contributed by atoms with Crippen molar-refractivity contribution in [2.75, 3.05) is 27.2 Å². The fourth-order valence-corrected chi connectivity index (χ4v) is 1.77. The highest BCUT2D eigenvalue weighted by Crippen LogP contribution is 2.11. The van der Waals surface area contributed by atoms with E-state index < -0.39 is 5.60 Å². The molecule has 18 heavy (non-hydrogen) atoms. The molecule has 4 nitrogen and oxygen atoms in total. The van der Waals surface area contributed by atoms with E-state index in [1.807, 2.05) is 20.8 Å². The smallest absolute Gasteiger partial charge is 0.410 e. The highest BCUT2D eigenvalue weighted by atomic mass is 16.6. The summed E-state index contributed by atoms with van der Waals surface area (Å²) < 4.78 is 5.33. The molecule has 4 heteroatoms. The number of hydrogen-bond donors (Lipinski definition) is 0. The number of carbonyl (C=O) groups is 1. The van der Waals surface area contributed by atoms with Crippen molar-refractivity contribution in [1.82, 2.24) is 9.80 Å². The molecule has 0 spiro atoms. The van der Waals surface area contributed by atoms with E-state index in [0.717, 1.165) is 25.9 Å². The van der Waals surface area contributed by atoms with E-state index in [4.69, 9.17) is 4.74 Å². The molecular weight excluding hydrogens is 228 g/mol. The van der Waals surface area contributed by atoms with E-state index in [1.165, 1.54) is 0 Å². The lowest BCUT2D eigenvalue weighted by Crippen LogP contribution is -2.38. The van der Waals surface area contributed by atoms with E-state index in [0.29, 0.717) is 6.04 Å². The molecule has 0 aromatic rings. The van der Waals surface area contributed by atoms with Crippen LogP contribution >= 0.6 is 0 Å². The van der Waals surface area contributed by atoms with E-state index in [9.17, 15) is 4.79 Å². The zero-order valence-corrected chi connectivity index (χ0v) is 13.1. The second-order valence-electron chi connectivity index (χ2n) is 5.83. The Morgan fingerprint density at radius 1 is 1.22 bits per heavy atom. The van der Waals surface area contributed by atoms with Crippen LogP contribution in [0.15, 0.2) is 0 Å². The van der Waals surface area contributed by atoms with Crippen molar-refractivity contribution in [2.45, 2.75) is 59.1 Å². The topological polar surface area (TPSA) is 32.8 Å². The maximum atomic E-state index is 11.8. The minimum absolute atomic E-state index is 0.239. The normalized spacial score (nSPS) is 13.6. The van der Waals surface area contributed by atoms with Crippen molar-refractivity contribution in [3.05, 3.63) is 0 Å². The molecule has 0 radical (unpaired) electrons. The van der Waals surface area contributed by atoms with Crippen LogP contribution in [0, 0.1) is 0 Å². The molecule has 0 fully saturated rings. The molecule has 0 saturated carbocycles. The van der Waals surface area contributed by atoms with Crippen molar-refractivity contribution in [2.24, 2.45) is 0 Å². The van der Waals surface area contributed by atoms with E-state index in [1.54, 1.807) is 11.9 Å². The van der Waals surface area contributed by atoms with Gasteiger partial charge < -0.3 is 14.5 Å². The van der Waals surface area contributed by atoms with E-state index in [2.05, 4.69) is 25.8 Å². The van der Waals surface area contributed by atoms with Gasteiger partial charge in [0.05, 0.1) is 0 Å². The maximum absolute atomic E-state index is 11.8. The van der Waals surface area contributed by atoms with Gasteiger partial charge in [0.1, 0.15) is 5.60 Å². The van der Waals surface area contributed by atoms with Crippen LogP contribution in [0.4, 0.5) is 4.79 Å². The minimum Gasteiger partial charge on any atom is -0.444 e. The Hall–Kier alpha value is -0.770. The first-order chi connectivity index (χ1) is 8.21. The highest BCUT2D eigenvalue weighted by Gasteiger charge is 2.20. The molecule has 0 N–H and O–H groups in total. The Labute approximate surface area is 112 Å².